The van der Waals surface area contributed by atoms with Gasteiger partial charge in [0.25, 0.3) is 0 Å². The molecule has 0 radical (unpaired) electrons. The summed E-state index contributed by atoms with van der Waals surface area (Å²) in [5.41, 5.74) is 2.44. The van der Waals surface area contributed by atoms with E-state index in [-0.39, 0.29) is 5.92 Å². The third-order valence-corrected chi connectivity index (χ3v) is 4.24. The first-order valence-electron chi connectivity index (χ1n) is 7.50. The van der Waals surface area contributed by atoms with Gasteiger partial charge in [0.1, 0.15) is 5.78 Å². The van der Waals surface area contributed by atoms with E-state index in [2.05, 4.69) is 18.7 Å². The summed E-state index contributed by atoms with van der Waals surface area (Å²) in [4.78, 5) is 11.6. The quantitative estimate of drug-likeness (QED) is 0.550. The lowest BCUT2D eigenvalue weighted by Crippen LogP contribution is -2.12. The lowest BCUT2D eigenvalue weighted by atomic mass is 9.88. The van der Waals surface area contributed by atoms with Crippen LogP contribution in [0, 0.1) is 11.8 Å². The Morgan fingerprint density at radius 3 is 2.75 bits per heavy atom. The third-order valence-electron chi connectivity index (χ3n) is 4.24. The average Bonchev–Trinajstić information content (AvgIpc) is 2.80. The van der Waals surface area contributed by atoms with Crippen molar-refractivity contribution in [1.82, 2.24) is 0 Å². The molecule has 20 heavy (non-hydrogen) atoms. The van der Waals surface area contributed by atoms with Crippen LogP contribution in [0.1, 0.15) is 38.2 Å². The molecule has 2 atom stereocenters. The Morgan fingerprint density at radius 2 is 2.10 bits per heavy atom. The summed E-state index contributed by atoms with van der Waals surface area (Å²) in [5, 5.41) is 0. The second-order valence-corrected chi connectivity index (χ2v) is 5.70. The van der Waals surface area contributed by atoms with E-state index < -0.39 is 0 Å². The molecule has 2 rings (SSSR count). The Morgan fingerprint density at radius 1 is 1.35 bits per heavy atom. The van der Waals surface area contributed by atoms with Gasteiger partial charge in [-0.05, 0) is 30.7 Å². The van der Waals surface area contributed by atoms with Crippen molar-refractivity contribution in [3.05, 3.63) is 48.0 Å². The van der Waals surface area contributed by atoms with Crippen LogP contribution in [-0.2, 0) is 16.1 Å². The highest BCUT2D eigenvalue weighted by molar-refractivity contribution is 5.83. The third kappa shape index (κ3) is 4.04. The zero-order valence-electron chi connectivity index (χ0n) is 12.3. The Balaban J connectivity index is 1.61. The first kappa shape index (κ1) is 15.0. The normalized spacial score (nSPS) is 22.1. The number of rotatable bonds is 7. The number of Topliss-reactive ketones (excluding diaryl/α,β-unsaturated/α-hetero) is 1. The summed E-state index contributed by atoms with van der Waals surface area (Å²) in [5.74, 6) is 0.973. The number of ether oxygens (including phenoxy) is 1. The molecule has 0 spiro atoms. The van der Waals surface area contributed by atoms with Crippen LogP contribution in [0.15, 0.2) is 42.5 Å². The largest absolute Gasteiger partial charge is 0.377 e. The van der Waals surface area contributed by atoms with Gasteiger partial charge in [0.2, 0.25) is 0 Å². The molecule has 0 heterocycles. The van der Waals surface area contributed by atoms with E-state index >= 15 is 0 Å². The van der Waals surface area contributed by atoms with Gasteiger partial charge in [-0.1, -0.05) is 49.4 Å². The molecule has 0 aromatic heterocycles. The van der Waals surface area contributed by atoms with E-state index in [0.717, 1.165) is 32.3 Å². The second kappa shape index (κ2) is 7.39. The standard InChI is InChI=1S/C18H24O2/c1-14(17-10-11-18(19)15(17)2)7-6-12-20-13-16-8-4-3-5-9-16/h3-5,8-9,15,17H,1,6-7,10-13H2,2H3/t15-,17-/m0/s1. The lowest BCUT2D eigenvalue weighted by molar-refractivity contribution is -0.120. The maximum absolute atomic E-state index is 11.6. The Bertz CT molecular complexity index is 450. The molecule has 0 amide bonds. The minimum absolute atomic E-state index is 0.174. The highest BCUT2D eigenvalue weighted by Crippen LogP contribution is 2.35. The van der Waals surface area contributed by atoms with Crippen LogP contribution in [0.4, 0.5) is 0 Å². The maximum atomic E-state index is 11.6. The van der Waals surface area contributed by atoms with Crippen molar-refractivity contribution < 1.29 is 9.53 Å². The number of ketones is 1. The molecule has 1 aromatic rings. The van der Waals surface area contributed by atoms with Gasteiger partial charge in [-0.15, -0.1) is 0 Å². The van der Waals surface area contributed by atoms with Crippen LogP contribution in [0.3, 0.4) is 0 Å². The van der Waals surface area contributed by atoms with Crippen molar-refractivity contribution in [2.75, 3.05) is 6.61 Å². The highest BCUT2D eigenvalue weighted by atomic mass is 16.5. The topological polar surface area (TPSA) is 26.3 Å². The summed E-state index contributed by atoms with van der Waals surface area (Å²) >= 11 is 0. The summed E-state index contributed by atoms with van der Waals surface area (Å²) < 4.78 is 5.67. The van der Waals surface area contributed by atoms with Crippen molar-refractivity contribution in [2.24, 2.45) is 11.8 Å². The Hall–Kier alpha value is -1.41. The molecule has 1 aromatic carbocycles. The fraction of sp³-hybridized carbons (Fsp3) is 0.500. The fourth-order valence-corrected chi connectivity index (χ4v) is 2.91. The molecule has 1 aliphatic carbocycles. The average molecular weight is 272 g/mol. The first-order chi connectivity index (χ1) is 9.68. The van der Waals surface area contributed by atoms with Gasteiger partial charge in [0.05, 0.1) is 6.61 Å². The zero-order valence-corrected chi connectivity index (χ0v) is 12.3. The molecular weight excluding hydrogens is 248 g/mol. The SMILES string of the molecule is C=C(CCCOCc1ccccc1)[C@@H]1CCC(=O)[C@H]1C. The van der Waals surface area contributed by atoms with Crippen LogP contribution in [0.5, 0.6) is 0 Å². The summed E-state index contributed by atoms with van der Waals surface area (Å²) in [6.45, 7) is 7.63. The van der Waals surface area contributed by atoms with Crippen LogP contribution in [-0.4, -0.2) is 12.4 Å². The molecule has 108 valence electrons. The van der Waals surface area contributed by atoms with Crippen molar-refractivity contribution >= 4 is 5.78 Å². The van der Waals surface area contributed by atoms with Gasteiger partial charge >= 0.3 is 0 Å². The molecule has 0 bridgehead atoms. The van der Waals surface area contributed by atoms with Gasteiger partial charge in [-0.25, -0.2) is 0 Å². The number of hydrogen-bond acceptors (Lipinski definition) is 2. The molecule has 0 N–H and O–H groups in total. The van der Waals surface area contributed by atoms with Gasteiger partial charge in [-0.2, -0.15) is 0 Å². The smallest absolute Gasteiger partial charge is 0.136 e. The monoisotopic (exact) mass is 272 g/mol. The van der Waals surface area contributed by atoms with E-state index in [1.165, 1.54) is 11.1 Å². The highest BCUT2D eigenvalue weighted by Gasteiger charge is 2.31. The fourth-order valence-electron chi connectivity index (χ4n) is 2.91. The molecule has 0 saturated heterocycles. The van der Waals surface area contributed by atoms with E-state index in [0.29, 0.717) is 18.3 Å². The molecular formula is C18H24O2. The van der Waals surface area contributed by atoms with Crippen molar-refractivity contribution in [2.45, 2.75) is 39.2 Å². The lowest BCUT2D eigenvalue weighted by Gasteiger charge is -2.17. The van der Waals surface area contributed by atoms with Crippen molar-refractivity contribution in [3.8, 4) is 0 Å². The maximum Gasteiger partial charge on any atom is 0.136 e. The minimum atomic E-state index is 0.174. The van der Waals surface area contributed by atoms with Crippen LogP contribution in [0.2, 0.25) is 0 Å². The van der Waals surface area contributed by atoms with Crippen LogP contribution in [0.25, 0.3) is 0 Å². The number of carbonyl (C=O) groups is 1. The van der Waals surface area contributed by atoms with E-state index in [1.807, 2.05) is 25.1 Å². The molecule has 1 saturated carbocycles. The number of benzene rings is 1. The zero-order chi connectivity index (χ0) is 14.4. The molecule has 0 aliphatic heterocycles. The van der Waals surface area contributed by atoms with E-state index in [9.17, 15) is 4.79 Å². The van der Waals surface area contributed by atoms with Gasteiger partial charge in [0, 0.05) is 18.9 Å². The minimum Gasteiger partial charge on any atom is -0.377 e. The number of hydrogen-bond donors (Lipinski definition) is 0. The van der Waals surface area contributed by atoms with Crippen molar-refractivity contribution in [3.63, 3.8) is 0 Å². The predicted molar refractivity (Wildman–Crippen MR) is 81.4 cm³/mol. The Kier molecular flexibility index (Phi) is 5.54. The number of carbonyl (C=O) groups excluding carboxylic acids is 1. The molecule has 2 nitrogen and oxygen atoms in total. The van der Waals surface area contributed by atoms with E-state index in [4.69, 9.17) is 4.74 Å². The molecule has 1 aliphatic rings. The number of allylic oxidation sites excluding steroid dienone is 1. The Labute approximate surface area is 121 Å². The molecule has 0 unspecified atom stereocenters. The van der Waals surface area contributed by atoms with Crippen LogP contribution < -0.4 is 0 Å². The summed E-state index contributed by atoms with van der Waals surface area (Å²) in [6, 6.07) is 10.2. The van der Waals surface area contributed by atoms with Gasteiger partial charge in [-0.3, -0.25) is 4.79 Å². The van der Waals surface area contributed by atoms with Gasteiger partial charge < -0.3 is 4.74 Å². The van der Waals surface area contributed by atoms with Crippen LogP contribution >= 0.6 is 0 Å². The molecule has 1 fully saturated rings. The van der Waals surface area contributed by atoms with Crippen molar-refractivity contribution in [1.29, 1.82) is 0 Å². The summed E-state index contributed by atoms with van der Waals surface area (Å²) in [6.07, 6.45) is 3.68. The van der Waals surface area contributed by atoms with E-state index in [1.54, 1.807) is 0 Å². The first-order valence-corrected chi connectivity index (χ1v) is 7.50. The van der Waals surface area contributed by atoms with Gasteiger partial charge in [0.15, 0.2) is 0 Å². The second-order valence-electron chi connectivity index (χ2n) is 5.70. The summed E-state index contributed by atoms with van der Waals surface area (Å²) in [7, 11) is 0. The molecule has 2 heteroatoms. The predicted octanol–water partition coefficient (Wildman–Crippen LogP) is 4.15.